The molecular weight excluding hydrogens is 332 g/mol. The summed E-state index contributed by atoms with van der Waals surface area (Å²) in [6.45, 7) is 12.6. The fraction of sp³-hybridized carbons (Fsp3) is 0.750. The minimum atomic E-state index is 0.0806. The van der Waals surface area contributed by atoms with E-state index in [2.05, 4.69) is 76.3 Å². The standard InChI is InChI=1S/C24H42N2O/c1-7-23(4)19-24(15-17-27-23,13-12-20(2)3)14-16-25-18-21-8-10-22(11-9-21)26(5)6/h8-11,20,25H,7,12-19H2,1-6H3/p+1/t23-,24-/m0/s1. The molecule has 0 unspecified atom stereocenters. The molecule has 154 valence electrons. The molecule has 0 aromatic heterocycles. The van der Waals surface area contributed by atoms with Gasteiger partial charge in [-0.2, -0.15) is 0 Å². The van der Waals surface area contributed by atoms with Crippen LogP contribution in [0.1, 0.15) is 71.8 Å². The Balaban J connectivity index is 1.89. The molecule has 1 aromatic carbocycles. The van der Waals surface area contributed by atoms with E-state index >= 15 is 0 Å². The van der Waals surface area contributed by atoms with Crippen LogP contribution in [0.5, 0.6) is 0 Å². The Labute approximate surface area is 167 Å². The van der Waals surface area contributed by atoms with E-state index in [1.807, 2.05) is 0 Å². The van der Waals surface area contributed by atoms with Gasteiger partial charge in [-0.25, -0.2) is 0 Å². The van der Waals surface area contributed by atoms with Crippen LogP contribution in [0.3, 0.4) is 0 Å². The van der Waals surface area contributed by atoms with E-state index in [4.69, 9.17) is 4.74 Å². The lowest BCUT2D eigenvalue weighted by atomic mass is 9.67. The number of nitrogens with zero attached hydrogens (tertiary/aromatic N) is 1. The highest BCUT2D eigenvalue weighted by Gasteiger charge is 2.42. The summed E-state index contributed by atoms with van der Waals surface area (Å²) in [6, 6.07) is 8.98. The SMILES string of the molecule is CC[C@@]1(C)C[C@](CC[NH2+]Cc2ccc(N(C)C)cc2)(CCC(C)C)CCO1. The Morgan fingerprint density at radius 2 is 1.85 bits per heavy atom. The van der Waals surface area contributed by atoms with Gasteiger partial charge in [-0.1, -0.05) is 39.3 Å². The van der Waals surface area contributed by atoms with Gasteiger partial charge in [0, 0.05) is 38.4 Å². The molecule has 0 bridgehead atoms. The van der Waals surface area contributed by atoms with Crippen LogP contribution in [0.4, 0.5) is 5.69 Å². The van der Waals surface area contributed by atoms with Gasteiger partial charge < -0.3 is 15.0 Å². The number of benzene rings is 1. The summed E-state index contributed by atoms with van der Waals surface area (Å²) >= 11 is 0. The van der Waals surface area contributed by atoms with E-state index in [-0.39, 0.29) is 5.60 Å². The van der Waals surface area contributed by atoms with Crippen LogP contribution < -0.4 is 10.2 Å². The Kier molecular flexibility index (Phi) is 8.18. The average Bonchev–Trinajstić information content (AvgIpc) is 2.64. The minimum absolute atomic E-state index is 0.0806. The van der Waals surface area contributed by atoms with Gasteiger partial charge in [-0.05, 0) is 56.1 Å². The zero-order chi connectivity index (χ0) is 19.9. The van der Waals surface area contributed by atoms with Gasteiger partial charge in [0.25, 0.3) is 0 Å². The number of anilines is 1. The van der Waals surface area contributed by atoms with Crippen LogP contribution in [-0.2, 0) is 11.3 Å². The molecule has 2 atom stereocenters. The third-order valence-corrected chi connectivity index (χ3v) is 6.54. The van der Waals surface area contributed by atoms with Gasteiger partial charge in [0.15, 0.2) is 0 Å². The first kappa shape index (κ1) is 22.2. The second-order valence-corrected chi connectivity index (χ2v) is 9.60. The van der Waals surface area contributed by atoms with Crippen LogP contribution in [-0.4, -0.2) is 32.8 Å². The molecule has 1 aliphatic heterocycles. The first-order valence-corrected chi connectivity index (χ1v) is 11.0. The fourth-order valence-corrected chi connectivity index (χ4v) is 4.43. The van der Waals surface area contributed by atoms with E-state index < -0.39 is 0 Å². The molecule has 2 N–H and O–H groups in total. The predicted molar refractivity (Wildman–Crippen MR) is 116 cm³/mol. The summed E-state index contributed by atoms with van der Waals surface area (Å²) in [5.41, 5.74) is 3.24. The van der Waals surface area contributed by atoms with Crippen molar-refractivity contribution in [2.75, 3.05) is 32.1 Å². The molecule has 1 aliphatic rings. The van der Waals surface area contributed by atoms with Gasteiger partial charge in [0.2, 0.25) is 0 Å². The van der Waals surface area contributed by atoms with Crippen molar-refractivity contribution in [1.29, 1.82) is 0 Å². The highest BCUT2D eigenvalue weighted by molar-refractivity contribution is 5.45. The molecule has 1 aromatic rings. The monoisotopic (exact) mass is 375 g/mol. The summed E-state index contributed by atoms with van der Waals surface area (Å²) in [4.78, 5) is 2.15. The van der Waals surface area contributed by atoms with Gasteiger partial charge in [0.05, 0.1) is 12.1 Å². The van der Waals surface area contributed by atoms with Crippen molar-refractivity contribution in [2.45, 2.75) is 78.4 Å². The lowest BCUT2D eigenvalue weighted by Crippen LogP contribution is -2.83. The molecule has 0 radical (unpaired) electrons. The zero-order valence-corrected chi connectivity index (χ0v) is 18.7. The van der Waals surface area contributed by atoms with Gasteiger partial charge in [-0.15, -0.1) is 0 Å². The summed E-state index contributed by atoms with van der Waals surface area (Å²) in [6.07, 6.45) is 7.60. The predicted octanol–water partition coefficient (Wildman–Crippen LogP) is 4.61. The third-order valence-electron chi connectivity index (χ3n) is 6.54. The number of hydrogen-bond donors (Lipinski definition) is 1. The Morgan fingerprint density at radius 1 is 1.15 bits per heavy atom. The van der Waals surface area contributed by atoms with Crippen LogP contribution in [0.25, 0.3) is 0 Å². The molecule has 0 spiro atoms. The molecular formula is C24H43N2O+. The number of hydrogen-bond acceptors (Lipinski definition) is 2. The summed E-state index contributed by atoms with van der Waals surface area (Å²) < 4.78 is 6.17. The summed E-state index contributed by atoms with van der Waals surface area (Å²) in [5.74, 6) is 0.789. The second-order valence-electron chi connectivity index (χ2n) is 9.60. The summed E-state index contributed by atoms with van der Waals surface area (Å²) in [7, 11) is 4.19. The van der Waals surface area contributed by atoms with Crippen LogP contribution in [0.2, 0.25) is 0 Å². The molecule has 2 rings (SSSR count). The Hall–Kier alpha value is -1.06. The molecule has 0 amide bonds. The first-order chi connectivity index (χ1) is 12.8. The molecule has 0 aliphatic carbocycles. The van der Waals surface area contributed by atoms with Gasteiger partial charge in [-0.3, -0.25) is 0 Å². The number of rotatable bonds is 10. The molecule has 1 saturated heterocycles. The molecule has 1 fully saturated rings. The van der Waals surface area contributed by atoms with E-state index in [0.717, 1.165) is 25.5 Å². The maximum absolute atomic E-state index is 6.17. The van der Waals surface area contributed by atoms with Crippen molar-refractivity contribution >= 4 is 5.69 Å². The highest BCUT2D eigenvalue weighted by Crippen LogP contribution is 2.46. The third kappa shape index (κ3) is 6.80. The van der Waals surface area contributed by atoms with E-state index in [9.17, 15) is 0 Å². The maximum Gasteiger partial charge on any atom is 0.101 e. The maximum atomic E-state index is 6.17. The van der Waals surface area contributed by atoms with Gasteiger partial charge >= 0.3 is 0 Å². The van der Waals surface area contributed by atoms with Crippen molar-refractivity contribution in [2.24, 2.45) is 11.3 Å². The van der Waals surface area contributed by atoms with Crippen LogP contribution in [0, 0.1) is 11.3 Å². The van der Waals surface area contributed by atoms with Crippen molar-refractivity contribution in [3.8, 4) is 0 Å². The minimum Gasteiger partial charge on any atom is -0.378 e. The topological polar surface area (TPSA) is 29.1 Å². The lowest BCUT2D eigenvalue weighted by molar-refractivity contribution is -0.672. The normalized spacial score (nSPS) is 25.7. The average molecular weight is 376 g/mol. The first-order valence-electron chi connectivity index (χ1n) is 11.0. The molecule has 27 heavy (non-hydrogen) atoms. The van der Waals surface area contributed by atoms with E-state index in [1.165, 1.54) is 49.9 Å². The largest absolute Gasteiger partial charge is 0.378 e. The van der Waals surface area contributed by atoms with Crippen molar-refractivity contribution in [3.63, 3.8) is 0 Å². The number of ether oxygens (including phenoxy) is 1. The number of nitrogens with two attached hydrogens (primary N) is 1. The van der Waals surface area contributed by atoms with E-state index in [1.54, 1.807) is 0 Å². The van der Waals surface area contributed by atoms with Crippen LogP contribution in [0.15, 0.2) is 24.3 Å². The molecule has 3 nitrogen and oxygen atoms in total. The second kappa shape index (κ2) is 9.93. The molecule has 1 heterocycles. The smallest absolute Gasteiger partial charge is 0.101 e. The van der Waals surface area contributed by atoms with Crippen LogP contribution >= 0.6 is 0 Å². The Bertz CT molecular complexity index is 554. The molecule has 0 saturated carbocycles. The fourth-order valence-electron chi connectivity index (χ4n) is 4.43. The van der Waals surface area contributed by atoms with Crippen molar-refractivity contribution in [1.82, 2.24) is 0 Å². The quantitative estimate of drug-likeness (QED) is 0.605. The van der Waals surface area contributed by atoms with Crippen molar-refractivity contribution < 1.29 is 10.1 Å². The lowest BCUT2D eigenvalue weighted by Gasteiger charge is -2.46. The van der Waals surface area contributed by atoms with Gasteiger partial charge in [0.1, 0.15) is 6.54 Å². The van der Waals surface area contributed by atoms with Crippen molar-refractivity contribution in [3.05, 3.63) is 29.8 Å². The Morgan fingerprint density at radius 3 is 2.44 bits per heavy atom. The highest BCUT2D eigenvalue weighted by atomic mass is 16.5. The number of quaternary nitrogens is 1. The molecule has 3 heteroatoms. The summed E-state index contributed by atoms with van der Waals surface area (Å²) in [5, 5.41) is 2.50. The zero-order valence-electron chi connectivity index (χ0n) is 18.7. The van der Waals surface area contributed by atoms with E-state index in [0.29, 0.717) is 5.41 Å².